The van der Waals surface area contributed by atoms with Gasteiger partial charge in [-0.15, -0.1) is 0 Å². The van der Waals surface area contributed by atoms with Crippen LogP contribution in [-0.2, 0) is 9.31 Å². The number of halogens is 2. The van der Waals surface area contributed by atoms with Gasteiger partial charge in [0.15, 0.2) is 0 Å². The van der Waals surface area contributed by atoms with Crippen LogP contribution in [0.3, 0.4) is 0 Å². The SMILES string of the molecule is CNCC(=Cc1ccc(OC(F)F)cc1)B1OC(C)(C)C(C)(C)O1. The summed E-state index contributed by atoms with van der Waals surface area (Å²) in [5.41, 5.74) is 0.953. The fraction of sp³-hybridized carbons (Fsp3) is 0.529. The van der Waals surface area contributed by atoms with Crippen LogP contribution in [0.25, 0.3) is 6.08 Å². The Morgan fingerprint density at radius 2 is 1.71 bits per heavy atom. The first kappa shape index (κ1) is 18.9. The van der Waals surface area contributed by atoms with Gasteiger partial charge in [0.05, 0.1) is 11.2 Å². The highest BCUT2D eigenvalue weighted by molar-refractivity contribution is 6.55. The van der Waals surface area contributed by atoms with Gasteiger partial charge in [-0.05, 0) is 57.9 Å². The summed E-state index contributed by atoms with van der Waals surface area (Å²) < 4.78 is 40.9. The number of nitrogens with one attached hydrogen (secondary N) is 1. The van der Waals surface area contributed by atoms with Gasteiger partial charge in [-0.1, -0.05) is 18.2 Å². The van der Waals surface area contributed by atoms with Gasteiger partial charge in [-0.25, -0.2) is 0 Å². The predicted octanol–water partition coefficient (Wildman–Crippen LogP) is 3.52. The fourth-order valence-corrected chi connectivity index (χ4v) is 2.36. The first-order valence-electron chi connectivity index (χ1n) is 7.90. The maximum atomic E-state index is 12.2. The van der Waals surface area contributed by atoms with E-state index in [1.54, 1.807) is 12.1 Å². The van der Waals surface area contributed by atoms with Crippen molar-refractivity contribution < 1.29 is 22.8 Å². The number of hydrogen-bond donors (Lipinski definition) is 1. The summed E-state index contributed by atoms with van der Waals surface area (Å²) in [6.07, 6.45) is 1.94. The van der Waals surface area contributed by atoms with Crippen molar-refractivity contribution in [2.24, 2.45) is 0 Å². The van der Waals surface area contributed by atoms with Crippen LogP contribution in [0.2, 0.25) is 0 Å². The number of alkyl halides is 2. The van der Waals surface area contributed by atoms with Crippen LogP contribution < -0.4 is 10.1 Å². The lowest BCUT2D eigenvalue weighted by Crippen LogP contribution is -2.41. The Morgan fingerprint density at radius 3 is 2.17 bits per heavy atom. The summed E-state index contributed by atoms with van der Waals surface area (Å²) in [5, 5.41) is 3.10. The monoisotopic (exact) mass is 339 g/mol. The highest BCUT2D eigenvalue weighted by Crippen LogP contribution is 2.38. The zero-order valence-corrected chi connectivity index (χ0v) is 14.7. The molecule has 0 amide bonds. The van der Waals surface area contributed by atoms with Crippen molar-refractivity contribution in [3.8, 4) is 5.75 Å². The smallest absolute Gasteiger partial charge is 0.435 e. The van der Waals surface area contributed by atoms with Crippen molar-refractivity contribution in [2.45, 2.75) is 45.5 Å². The van der Waals surface area contributed by atoms with Crippen molar-refractivity contribution in [3.05, 3.63) is 35.3 Å². The first-order chi connectivity index (χ1) is 11.1. The summed E-state index contributed by atoms with van der Waals surface area (Å²) >= 11 is 0. The average molecular weight is 339 g/mol. The van der Waals surface area contributed by atoms with Gasteiger partial charge in [-0.2, -0.15) is 8.78 Å². The normalized spacial score (nSPS) is 19.8. The van der Waals surface area contributed by atoms with Crippen molar-refractivity contribution in [2.75, 3.05) is 13.6 Å². The Kier molecular flexibility index (Phi) is 5.68. The number of ether oxygens (including phenoxy) is 1. The zero-order chi connectivity index (χ0) is 18.0. The summed E-state index contributed by atoms with van der Waals surface area (Å²) in [5.74, 6) is 0.132. The van der Waals surface area contributed by atoms with E-state index in [4.69, 9.17) is 9.31 Å². The lowest BCUT2D eigenvalue weighted by atomic mass is 9.77. The Labute approximate surface area is 142 Å². The fourth-order valence-electron chi connectivity index (χ4n) is 2.36. The zero-order valence-electron chi connectivity index (χ0n) is 14.7. The number of hydrogen-bond acceptors (Lipinski definition) is 4. The van der Waals surface area contributed by atoms with E-state index in [1.807, 2.05) is 40.8 Å². The maximum absolute atomic E-state index is 12.2. The molecule has 4 nitrogen and oxygen atoms in total. The third-order valence-electron chi connectivity index (χ3n) is 4.39. The lowest BCUT2D eigenvalue weighted by Gasteiger charge is -2.32. The van der Waals surface area contributed by atoms with Crippen LogP contribution >= 0.6 is 0 Å². The molecular weight excluding hydrogens is 315 g/mol. The van der Waals surface area contributed by atoms with E-state index in [0.29, 0.717) is 6.54 Å². The van der Waals surface area contributed by atoms with Crippen LogP contribution in [-0.4, -0.2) is 38.5 Å². The van der Waals surface area contributed by atoms with Gasteiger partial charge < -0.3 is 19.4 Å². The summed E-state index contributed by atoms with van der Waals surface area (Å²) in [7, 11) is 1.39. The molecule has 0 spiro atoms. The number of rotatable bonds is 6. The summed E-state index contributed by atoms with van der Waals surface area (Å²) in [6, 6.07) is 6.47. The molecule has 7 heteroatoms. The summed E-state index contributed by atoms with van der Waals surface area (Å²) in [4.78, 5) is 0. The minimum absolute atomic E-state index is 0.132. The molecule has 1 N–H and O–H groups in total. The number of benzene rings is 1. The quantitative estimate of drug-likeness (QED) is 0.805. The van der Waals surface area contributed by atoms with Gasteiger partial charge in [0.1, 0.15) is 5.75 Å². The molecule has 0 bridgehead atoms. The van der Waals surface area contributed by atoms with Crippen molar-refractivity contribution in [3.63, 3.8) is 0 Å². The minimum Gasteiger partial charge on any atom is -0.435 e. The van der Waals surface area contributed by atoms with E-state index in [1.165, 1.54) is 12.1 Å². The molecule has 0 aliphatic carbocycles. The highest BCUT2D eigenvalue weighted by Gasteiger charge is 2.52. The molecule has 1 saturated heterocycles. The van der Waals surface area contributed by atoms with Crippen molar-refractivity contribution in [1.29, 1.82) is 0 Å². The van der Waals surface area contributed by atoms with E-state index in [-0.39, 0.29) is 5.75 Å². The molecule has 1 heterocycles. The van der Waals surface area contributed by atoms with Gasteiger partial charge >= 0.3 is 13.7 Å². The van der Waals surface area contributed by atoms with Crippen LogP contribution in [0.5, 0.6) is 5.75 Å². The van der Waals surface area contributed by atoms with E-state index >= 15 is 0 Å². The second-order valence-corrected chi connectivity index (χ2v) is 6.79. The molecule has 0 radical (unpaired) electrons. The number of likely N-dealkylation sites (N-methyl/N-ethyl adjacent to an activating group) is 1. The molecule has 1 aliphatic heterocycles. The minimum atomic E-state index is -2.82. The Hall–Kier alpha value is -1.44. The molecule has 1 aliphatic rings. The van der Waals surface area contributed by atoms with Crippen LogP contribution in [0.15, 0.2) is 29.7 Å². The Balaban J connectivity index is 2.20. The molecule has 24 heavy (non-hydrogen) atoms. The van der Waals surface area contributed by atoms with Crippen LogP contribution in [0.1, 0.15) is 33.3 Å². The van der Waals surface area contributed by atoms with Gasteiger partial charge in [0, 0.05) is 6.54 Å². The van der Waals surface area contributed by atoms with E-state index in [0.717, 1.165) is 11.0 Å². The largest absolute Gasteiger partial charge is 0.491 e. The van der Waals surface area contributed by atoms with E-state index in [9.17, 15) is 8.78 Å². The maximum Gasteiger partial charge on any atom is 0.491 e. The molecule has 1 aromatic carbocycles. The molecule has 0 unspecified atom stereocenters. The molecule has 0 saturated carbocycles. The topological polar surface area (TPSA) is 39.7 Å². The van der Waals surface area contributed by atoms with E-state index in [2.05, 4.69) is 10.1 Å². The molecule has 0 aromatic heterocycles. The molecule has 132 valence electrons. The lowest BCUT2D eigenvalue weighted by molar-refractivity contribution is -0.0498. The molecule has 2 rings (SSSR count). The molecule has 1 fully saturated rings. The second-order valence-electron chi connectivity index (χ2n) is 6.79. The third kappa shape index (κ3) is 4.34. The molecular formula is C17H24BF2NO3. The Morgan fingerprint density at radius 1 is 1.17 bits per heavy atom. The van der Waals surface area contributed by atoms with Gasteiger partial charge in [-0.3, -0.25) is 0 Å². The third-order valence-corrected chi connectivity index (χ3v) is 4.39. The van der Waals surface area contributed by atoms with Gasteiger partial charge in [0.2, 0.25) is 0 Å². The first-order valence-corrected chi connectivity index (χ1v) is 7.90. The summed E-state index contributed by atoms with van der Waals surface area (Å²) in [6.45, 7) is 5.77. The van der Waals surface area contributed by atoms with Gasteiger partial charge in [0.25, 0.3) is 0 Å². The van der Waals surface area contributed by atoms with E-state index < -0.39 is 24.9 Å². The molecule has 1 aromatic rings. The Bertz CT molecular complexity index is 572. The average Bonchev–Trinajstić information content (AvgIpc) is 2.68. The molecule has 0 atom stereocenters. The van der Waals surface area contributed by atoms with Crippen LogP contribution in [0, 0.1) is 0 Å². The van der Waals surface area contributed by atoms with Crippen molar-refractivity contribution in [1.82, 2.24) is 5.32 Å². The van der Waals surface area contributed by atoms with Crippen molar-refractivity contribution >= 4 is 13.2 Å². The van der Waals surface area contributed by atoms with Crippen LogP contribution in [0.4, 0.5) is 8.78 Å². The second kappa shape index (κ2) is 7.21. The highest BCUT2D eigenvalue weighted by atomic mass is 19.3. The predicted molar refractivity (Wildman–Crippen MR) is 91.1 cm³/mol. The standard InChI is InChI=1S/C17H24BF2NO3/c1-16(2)17(3,4)24-18(23-16)13(11-21-5)10-12-6-8-14(9-7-12)22-15(19)20/h6-10,15,21H,11H2,1-5H3.